The predicted molar refractivity (Wildman–Crippen MR) is 45.9 cm³/mol. The Hall–Kier alpha value is -0.770. The molecule has 0 aromatic carbocycles. The lowest BCUT2D eigenvalue weighted by Crippen LogP contribution is -2.07. The van der Waals surface area contributed by atoms with Gasteiger partial charge in [-0.2, -0.15) is 5.26 Å². The predicted octanol–water partition coefficient (Wildman–Crippen LogP) is 3.04. The monoisotopic (exact) mass is 149 g/mol. The number of allylic oxidation sites excluding steroid dienone is 2. The van der Waals surface area contributed by atoms with Gasteiger partial charge in [0.2, 0.25) is 0 Å². The highest BCUT2D eigenvalue weighted by molar-refractivity contribution is 5.23. The van der Waals surface area contributed by atoms with E-state index in [4.69, 9.17) is 5.26 Å². The molecule has 0 bridgehead atoms. The first-order valence-electron chi connectivity index (χ1n) is 4.44. The minimum Gasteiger partial charge on any atom is -0.193 e. The third kappa shape index (κ3) is 2.08. The molecular weight excluding hydrogens is 134 g/mol. The smallest absolute Gasteiger partial charge is 0.0946 e. The van der Waals surface area contributed by atoms with Gasteiger partial charge in [-0.15, -0.1) is 0 Å². The van der Waals surface area contributed by atoms with Crippen molar-refractivity contribution in [1.82, 2.24) is 0 Å². The van der Waals surface area contributed by atoms with Gasteiger partial charge in [0.05, 0.1) is 6.07 Å². The van der Waals surface area contributed by atoms with Crippen LogP contribution in [0.1, 0.15) is 39.0 Å². The van der Waals surface area contributed by atoms with Gasteiger partial charge in [0.25, 0.3) is 0 Å². The van der Waals surface area contributed by atoms with Crippen LogP contribution in [0.15, 0.2) is 11.6 Å². The largest absolute Gasteiger partial charge is 0.193 e. The average molecular weight is 149 g/mol. The Balaban J connectivity index is 2.52. The molecule has 1 aliphatic carbocycles. The van der Waals surface area contributed by atoms with Crippen molar-refractivity contribution in [3.63, 3.8) is 0 Å². The molecule has 0 aromatic heterocycles. The molecule has 0 aromatic rings. The van der Waals surface area contributed by atoms with Gasteiger partial charge >= 0.3 is 0 Å². The number of nitriles is 1. The summed E-state index contributed by atoms with van der Waals surface area (Å²) in [4.78, 5) is 0. The first-order chi connectivity index (χ1) is 5.38. The summed E-state index contributed by atoms with van der Waals surface area (Å²) >= 11 is 0. The van der Waals surface area contributed by atoms with E-state index in [0.717, 1.165) is 5.57 Å². The molecule has 0 radical (unpaired) electrons. The average Bonchev–Trinajstić information content (AvgIpc) is 2.09. The molecule has 0 atom stereocenters. The molecule has 0 aliphatic heterocycles. The van der Waals surface area contributed by atoms with Gasteiger partial charge in [-0.3, -0.25) is 0 Å². The molecule has 0 amide bonds. The van der Waals surface area contributed by atoms with E-state index in [2.05, 4.69) is 6.07 Å². The van der Waals surface area contributed by atoms with Gasteiger partial charge in [-0.25, -0.2) is 0 Å². The van der Waals surface area contributed by atoms with Crippen molar-refractivity contribution < 1.29 is 0 Å². The molecule has 11 heavy (non-hydrogen) atoms. The second kappa shape index (κ2) is 4.18. The number of hydrogen-bond donors (Lipinski definition) is 0. The lowest BCUT2D eigenvalue weighted by Gasteiger charge is -2.20. The van der Waals surface area contributed by atoms with Crippen molar-refractivity contribution in [1.29, 1.82) is 5.26 Å². The summed E-state index contributed by atoms with van der Waals surface area (Å²) in [5, 5.41) is 8.76. The van der Waals surface area contributed by atoms with Crippen LogP contribution in [0.2, 0.25) is 0 Å². The summed E-state index contributed by atoms with van der Waals surface area (Å²) in [6.07, 6.45) is 8.41. The highest BCUT2D eigenvalue weighted by Gasteiger charge is 2.16. The minimum atomic E-state index is 0.582. The van der Waals surface area contributed by atoms with E-state index in [1.165, 1.54) is 32.1 Å². The van der Waals surface area contributed by atoms with E-state index in [9.17, 15) is 0 Å². The van der Waals surface area contributed by atoms with E-state index < -0.39 is 0 Å². The van der Waals surface area contributed by atoms with Crippen LogP contribution < -0.4 is 0 Å². The fourth-order valence-corrected chi connectivity index (χ4v) is 1.81. The van der Waals surface area contributed by atoms with E-state index in [-0.39, 0.29) is 0 Å². The van der Waals surface area contributed by atoms with Crippen LogP contribution in [0.3, 0.4) is 0 Å². The van der Waals surface area contributed by atoms with Crippen LogP contribution >= 0.6 is 0 Å². The van der Waals surface area contributed by atoms with Crippen molar-refractivity contribution >= 4 is 0 Å². The topological polar surface area (TPSA) is 23.8 Å². The highest BCUT2D eigenvalue weighted by Crippen LogP contribution is 2.28. The molecule has 0 unspecified atom stereocenters. The van der Waals surface area contributed by atoms with E-state index in [1.54, 1.807) is 0 Å². The maximum absolute atomic E-state index is 8.76. The van der Waals surface area contributed by atoms with Crippen LogP contribution in [0.5, 0.6) is 0 Å². The Kier molecular flexibility index (Phi) is 3.16. The Morgan fingerprint density at radius 3 is 2.45 bits per heavy atom. The summed E-state index contributed by atoms with van der Waals surface area (Å²) in [7, 11) is 0. The summed E-state index contributed by atoms with van der Waals surface area (Å²) in [5.41, 5.74) is 1.00. The fourth-order valence-electron chi connectivity index (χ4n) is 1.81. The lowest BCUT2D eigenvalue weighted by molar-refractivity contribution is 0.409. The van der Waals surface area contributed by atoms with Crippen LogP contribution in [0.25, 0.3) is 0 Å². The first kappa shape index (κ1) is 8.33. The number of hydrogen-bond acceptors (Lipinski definition) is 1. The number of rotatable bonds is 1. The summed E-state index contributed by atoms with van der Waals surface area (Å²) < 4.78 is 0. The number of nitrogens with zero attached hydrogens (tertiary/aromatic N) is 1. The molecule has 60 valence electrons. The Labute approximate surface area is 68.7 Å². The Bertz CT molecular complexity index is 180. The SMILES string of the molecule is C/C=C(\C#N)C1CCCCC1. The zero-order valence-corrected chi connectivity index (χ0v) is 7.14. The maximum Gasteiger partial charge on any atom is 0.0946 e. The molecule has 1 rings (SSSR count). The van der Waals surface area contributed by atoms with Crippen molar-refractivity contribution in [3.05, 3.63) is 11.6 Å². The second-order valence-electron chi connectivity index (χ2n) is 3.19. The summed E-state index contributed by atoms with van der Waals surface area (Å²) in [6, 6.07) is 2.28. The van der Waals surface area contributed by atoms with Crippen molar-refractivity contribution in [2.24, 2.45) is 5.92 Å². The first-order valence-corrected chi connectivity index (χ1v) is 4.44. The van der Waals surface area contributed by atoms with E-state index in [0.29, 0.717) is 5.92 Å². The van der Waals surface area contributed by atoms with E-state index >= 15 is 0 Å². The van der Waals surface area contributed by atoms with Crippen molar-refractivity contribution in [3.8, 4) is 6.07 Å². The van der Waals surface area contributed by atoms with Crippen molar-refractivity contribution in [2.75, 3.05) is 0 Å². The molecule has 1 heteroatoms. The van der Waals surface area contributed by atoms with Crippen LogP contribution in [-0.4, -0.2) is 0 Å². The summed E-state index contributed by atoms with van der Waals surface area (Å²) in [5.74, 6) is 0.582. The maximum atomic E-state index is 8.76. The zero-order valence-electron chi connectivity index (χ0n) is 7.14. The van der Waals surface area contributed by atoms with Crippen LogP contribution in [-0.2, 0) is 0 Å². The van der Waals surface area contributed by atoms with Gasteiger partial charge in [0.15, 0.2) is 0 Å². The third-order valence-electron chi connectivity index (χ3n) is 2.49. The second-order valence-corrected chi connectivity index (χ2v) is 3.19. The molecule has 0 N–H and O–H groups in total. The van der Waals surface area contributed by atoms with Crippen molar-refractivity contribution in [2.45, 2.75) is 39.0 Å². The Morgan fingerprint density at radius 2 is 2.00 bits per heavy atom. The molecule has 0 spiro atoms. The van der Waals surface area contributed by atoms with E-state index in [1.807, 2.05) is 13.0 Å². The molecule has 1 aliphatic rings. The van der Waals surface area contributed by atoms with Gasteiger partial charge in [0.1, 0.15) is 0 Å². The third-order valence-corrected chi connectivity index (χ3v) is 2.49. The summed E-state index contributed by atoms with van der Waals surface area (Å²) in [6.45, 7) is 1.97. The normalized spacial score (nSPS) is 21.3. The molecule has 1 saturated carbocycles. The Morgan fingerprint density at radius 1 is 1.36 bits per heavy atom. The highest BCUT2D eigenvalue weighted by atomic mass is 14.3. The standard InChI is InChI=1S/C10H15N/c1-2-9(8-11)10-6-4-3-5-7-10/h2,10H,3-7H2,1H3/b9-2+. The molecule has 0 heterocycles. The molecule has 0 saturated heterocycles. The van der Waals surface area contributed by atoms with Gasteiger partial charge in [-0.1, -0.05) is 25.3 Å². The quantitative estimate of drug-likeness (QED) is 0.526. The molecule has 1 fully saturated rings. The zero-order chi connectivity index (χ0) is 8.10. The van der Waals surface area contributed by atoms with Gasteiger partial charge < -0.3 is 0 Å². The fraction of sp³-hybridized carbons (Fsp3) is 0.700. The molecule has 1 nitrogen and oxygen atoms in total. The lowest BCUT2D eigenvalue weighted by atomic mass is 9.84. The molecular formula is C10H15N. The van der Waals surface area contributed by atoms with Gasteiger partial charge in [0, 0.05) is 5.57 Å². The van der Waals surface area contributed by atoms with Gasteiger partial charge in [-0.05, 0) is 25.7 Å². The minimum absolute atomic E-state index is 0.582. The van der Waals surface area contributed by atoms with Crippen LogP contribution in [0, 0.1) is 17.2 Å². The van der Waals surface area contributed by atoms with Crippen LogP contribution in [0.4, 0.5) is 0 Å².